The highest BCUT2D eigenvalue weighted by atomic mass is 79.9. The summed E-state index contributed by atoms with van der Waals surface area (Å²) >= 11 is 3.58. The summed E-state index contributed by atoms with van der Waals surface area (Å²) < 4.78 is 2.92. The van der Waals surface area contributed by atoms with Gasteiger partial charge in [0.25, 0.3) is 0 Å². The summed E-state index contributed by atoms with van der Waals surface area (Å²) in [6.07, 6.45) is 3.77. The monoisotopic (exact) mass is 330 g/mol. The first kappa shape index (κ1) is 13.3. The van der Waals surface area contributed by atoms with E-state index in [0.29, 0.717) is 6.54 Å². The topological polar surface area (TPSA) is 56.7 Å². The zero-order chi connectivity index (χ0) is 13.9. The highest BCUT2D eigenvalue weighted by Crippen LogP contribution is 2.28. The predicted molar refractivity (Wildman–Crippen MR) is 83.9 cm³/mol. The Morgan fingerprint density at radius 1 is 1.10 bits per heavy atom. The smallest absolute Gasteiger partial charge is 0.0832 e. The molecular formula is C15H15BrN4. The second-order valence-corrected chi connectivity index (χ2v) is 5.51. The maximum absolute atomic E-state index is 5.53. The van der Waals surface area contributed by atoms with Crippen LogP contribution in [0.4, 0.5) is 0 Å². The zero-order valence-electron chi connectivity index (χ0n) is 11.0. The Hall–Kier alpha value is -1.72. The Kier molecular flexibility index (Phi) is 3.80. The molecule has 0 fully saturated rings. The maximum Gasteiger partial charge on any atom is 0.0832 e. The van der Waals surface area contributed by atoms with Gasteiger partial charge < -0.3 is 5.73 Å². The van der Waals surface area contributed by atoms with Crippen molar-refractivity contribution >= 4 is 26.7 Å². The Balaban J connectivity index is 2.06. The van der Waals surface area contributed by atoms with Gasteiger partial charge in [0.05, 0.1) is 17.6 Å². The van der Waals surface area contributed by atoms with Gasteiger partial charge in [-0.15, -0.1) is 5.10 Å². The molecule has 0 aliphatic carbocycles. The molecule has 1 heterocycles. The molecule has 3 aromatic rings. The molecule has 2 N–H and O–H groups in total. The van der Waals surface area contributed by atoms with Crippen molar-refractivity contribution in [3.8, 4) is 5.69 Å². The molecule has 2 aromatic carbocycles. The predicted octanol–water partition coefficient (Wildman–Crippen LogP) is 3.07. The minimum absolute atomic E-state index is 0.675. The Bertz CT molecular complexity index is 736. The third kappa shape index (κ3) is 2.46. The van der Waals surface area contributed by atoms with Gasteiger partial charge in [0, 0.05) is 9.86 Å². The molecular weight excluding hydrogens is 316 g/mol. The molecule has 5 heteroatoms. The fourth-order valence-electron chi connectivity index (χ4n) is 2.26. The van der Waals surface area contributed by atoms with E-state index in [9.17, 15) is 0 Å². The van der Waals surface area contributed by atoms with Crippen LogP contribution in [0.2, 0.25) is 0 Å². The number of nitrogens with zero attached hydrogens (tertiary/aromatic N) is 3. The number of nitrogens with two attached hydrogens (primary N) is 1. The van der Waals surface area contributed by atoms with E-state index in [2.05, 4.69) is 38.4 Å². The van der Waals surface area contributed by atoms with Gasteiger partial charge in [0.2, 0.25) is 0 Å². The van der Waals surface area contributed by atoms with Crippen LogP contribution in [-0.4, -0.2) is 21.5 Å². The van der Waals surface area contributed by atoms with E-state index >= 15 is 0 Å². The number of rotatable bonds is 4. The lowest BCUT2D eigenvalue weighted by Gasteiger charge is -2.07. The van der Waals surface area contributed by atoms with Crippen LogP contribution in [0.5, 0.6) is 0 Å². The molecule has 102 valence electrons. The van der Waals surface area contributed by atoms with Crippen molar-refractivity contribution in [1.29, 1.82) is 0 Å². The lowest BCUT2D eigenvalue weighted by Crippen LogP contribution is -2.00. The molecule has 4 nitrogen and oxygen atoms in total. The van der Waals surface area contributed by atoms with E-state index in [1.54, 1.807) is 0 Å². The fourth-order valence-corrected chi connectivity index (χ4v) is 2.74. The van der Waals surface area contributed by atoms with E-state index in [1.165, 1.54) is 5.39 Å². The first-order chi connectivity index (χ1) is 9.79. The van der Waals surface area contributed by atoms with Gasteiger partial charge in [-0.1, -0.05) is 45.4 Å². The van der Waals surface area contributed by atoms with Crippen LogP contribution in [0.25, 0.3) is 16.5 Å². The average Bonchev–Trinajstić information content (AvgIpc) is 2.94. The third-order valence-corrected chi connectivity index (χ3v) is 3.96. The largest absolute Gasteiger partial charge is 0.330 e. The number of benzene rings is 2. The number of aromatic nitrogens is 3. The maximum atomic E-state index is 5.53. The SMILES string of the molecule is NCCCc1cn(-c2ccc(Br)c3ccccc23)nn1. The molecule has 0 radical (unpaired) electrons. The number of fused-ring (bicyclic) bond motifs is 1. The van der Waals surface area contributed by atoms with Crippen LogP contribution in [-0.2, 0) is 6.42 Å². The first-order valence-corrected chi connectivity index (χ1v) is 7.38. The second kappa shape index (κ2) is 5.73. The van der Waals surface area contributed by atoms with Crippen LogP contribution >= 0.6 is 15.9 Å². The van der Waals surface area contributed by atoms with E-state index in [-0.39, 0.29) is 0 Å². The Morgan fingerprint density at radius 3 is 2.70 bits per heavy atom. The molecule has 0 saturated carbocycles. The van der Waals surface area contributed by atoms with Crippen LogP contribution in [0.1, 0.15) is 12.1 Å². The summed E-state index contributed by atoms with van der Waals surface area (Å²) in [4.78, 5) is 0. The molecule has 0 unspecified atom stereocenters. The van der Waals surface area contributed by atoms with Crippen molar-refractivity contribution in [2.75, 3.05) is 6.54 Å². The van der Waals surface area contributed by atoms with E-state index in [0.717, 1.165) is 34.1 Å². The third-order valence-electron chi connectivity index (χ3n) is 3.27. The second-order valence-electron chi connectivity index (χ2n) is 4.66. The van der Waals surface area contributed by atoms with Gasteiger partial charge in [-0.25, -0.2) is 4.68 Å². The highest BCUT2D eigenvalue weighted by molar-refractivity contribution is 9.10. The van der Waals surface area contributed by atoms with Crippen LogP contribution < -0.4 is 5.73 Å². The van der Waals surface area contributed by atoms with Gasteiger partial charge >= 0.3 is 0 Å². The normalized spacial score (nSPS) is 11.1. The molecule has 1 aromatic heterocycles. The van der Waals surface area contributed by atoms with Crippen molar-refractivity contribution in [2.45, 2.75) is 12.8 Å². The van der Waals surface area contributed by atoms with Gasteiger partial charge in [0.15, 0.2) is 0 Å². The van der Waals surface area contributed by atoms with Crippen LogP contribution in [0.3, 0.4) is 0 Å². The van der Waals surface area contributed by atoms with E-state index < -0.39 is 0 Å². The summed E-state index contributed by atoms with van der Waals surface area (Å²) in [5.74, 6) is 0. The standard InChI is InChI=1S/C15H15BrN4/c16-14-7-8-15(13-6-2-1-5-12(13)14)20-10-11(18-19-20)4-3-9-17/h1-2,5-8,10H,3-4,9,17H2. The average molecular weight is 331 g/mol. The number of halogens is 1. The Labute approximate surface area is 125 Å². The highest BCUT2D eigenvalue weighted by Gasteiger charge is 2.08. The number of hydrogen-bond acceptors (Lipinski definition) is 3. The lowest BCUT2D eigenvalue weighted by molar-refractivity contribution is 0.781. The van der Waals surface area contributed by atoms with E-state index in [4.69, 9.17) is 5.73 Å². The lowest BCUT2D eigenvalue weighted by atomic mass is 10.1. The fraction of sp³-hybridized carbons (Fsp3) is 0.200. The molecule has 0 bridgehead atoms. The van der Waals surface area contributed by atoms with Crippen molar-refractivity contribution in [2.24, 2.45) is 5.73 Å². The first-order valence-electron chi connectivity index (χ1n) is 6.58. The van der Waals surface area contributed by atoms with Gasteiger partial charge in [0.1, 0.15) is 0 Å². The molecule has 0 spiro atoms. The molecule has 0 aliphatic heterocycles. The van der Waals surface area contributed by atoms with Gasteiger partial charge in [-0.3, -0.25) is 0 Å². The minimum atomic E-state index is 0.675. The van der Waals surface area contributed by atoms with Crippen molar-refractivity contribution in [3.05, 3.63) is 52.8 Å². The molecule has 20 heavy (non-hydrogen) atoms. The van der Waals surface area contributed by atoms with Crippen LogP contribution in [0, 0.1) is 0 Å². The molecule has 3 rings (SSSR count). The quantitative estimate of drug-likeness (QED) is 0.799. The van der Waals surface area contributed by atoms with E-state index in [1.807, 2.05) is 35.1 Å². The summed E-state index contributed by atoms with van der Waals surface area (Å²) in [7, 11) is 0. The molecule has 0 atom stereocenters. The van der Waals surface area contributed by atoms with Crippen LogP contribution in [0.15, 0.2) is 47.1 Å². The molecule has 0 amide bonds. The summed E-state index contributed by atoms with van der Waals surface area (Å²) in [5.41, 5.74) is 7.54. The van der Waals surface area contributed by atoms with Crippen molar-refractivity contribution in [1.82, 2.24) is 15.0 Å². The van der Waals surface area contributed by atoms with Gasteiger partial charge in [-0.05, 0) is 36.9 Å². The molecule has 0 saturated heterocycles. The van der Waals surface area contributed by atoms with Crippen molar-refractivity contribution in [3.63, 3.8) is 0 Å². The van der Waals surface area contributed by atoms with Gasteiger partial charge in [-0.2, -0.15) is 0 Å². The summed E-state index contributed by atoms with van der Waals surface area (Å²) in [6.45, 7) is 0.675. The summed E-state index contributed by atoms with van der Waals surface area (Å²) in [5, 5.41) is 10.8. The van der Waals surface area contributed by atoms with Crippen molar-refractivity contribution < 1.29 is 0 Å². The summed E-state index contributed by atoms with van der Waals surface area (Å²) in [6, 6.07) is 12.3. The minimum Gasteiger partial charge on any atom is -0.330 e. The zero-order valence-corrected chi connectivity index (χ0v) is 12.5. The Morgan fingerprint density at radius 2 is 1.90 bits per heavy atom. The number of aryl methyl sites for hydroxylation is 1. The molecule has 0 aliphatic rings. The number of hydrogen-bond donors (Lipinski definition) is 1.